The number of allylic oxidation sites excluding steroid dienone is 1. The Labute approximate surface area is 24.3 Å². The highest BCUT2D eigenvalue weighted by atomic mass is 16.4. The standard InChI is InChI=1S/C3H3O/c1-3-2-4-3/h2H,1H2/q+1. The summed E-state index contributed by atoms with van der Waals surface area (Å²) in [5, 5.41) is 0. The molecule has 0 aromatic carbocycles. The van der Waals surface area contributed by atoms with Gasteiger partial charge in [0.2, 0.25) is 0 Å². The Kier molecular flexibility index (Phi) is 0.105. The quantitative estimate of drug-likeness (QED) is 0.214. The van der Waals surface area contributed by atoms with Crippen LogP contribution in [0.15, 0.2) is 12.3 Å². The molecule has 0 saturated heterocycles. The molecule has 4 heavy (non-hydrogen) atoms. The number of carbonyl (C=O) groups excluding carboxylic acids is 1. The van der Waals surface area contributed by atoms with Gasteiger partial charge in [-0.25, -0.2) is 0 Å². The third kappa shape index (κ3) is 0.0408. The fourth-order valence-electron chi connectivity index (χ4n) is 0.0417. The fourth-order valence-corrected chi connectivity index (χ4v) is 0.0417. The van der Waals surface area contributed by atoms with Gasteiger partial charge < -0.3 is 0 Å². The van der Waals surface area contributed by atoms with Gasteiger partial charge in [-0.1, -0.05) is 0 Å². The van der Waals surface area contributed by atoms with E-state index in [2.05, 4.69) is 11.0 Å². The second kappa shape index (κ2) is 0.246. The third-order valence-corrected chi connectivity index (χ3v) is 0.285. The number of rotatable bonds is 0. The maximum atomic E-state index is 4.39. The molecule has 0 bridgehead atoms. The van der Waals surface area contributed by atoms with Gasteiger partial charge in [-0.15, -0.1) is 0 Å². The molecule has 0 saturated carbocycles. The van der Waals surface area contributed by atoms with Crippen molar-refractivity contribution in [2.75, 3.05) is 0 Å². The van der Waals surface area contributed by atoms with Crippen molar-refractivity contribution in [3.63, 3.8) is 0 Å². The third-order valence-electron chi connectivity index (χ3n) is 0.285. The van der Waals surface area contributed by atoms with Crippen molar-refractivity contribution in [1.29, 1.82) is 0 Å². The molecule has 0 aromatic rings. The monoisotopic (exact) mass is 55.0 g/mol. The molecule has 20 valence electrons. The first-order chi connectivity index (χ1) is 1.89. The average molecular weight is 55.1 g/mol. The van der Waals surface area contributed by atoms with Crippen LogP contribution < -0.4 is 0 Å². The smallest absolute Gasteiger partial charge is 0.196 e. The van der Waals surface area contributed by atoms with Crippen LogP contribution in [-0.4, -0.2) is 6.29 Å². The van der Waals surface area contributed by atoms with Gasteiger partial charge in [0.15, 0.2) is 0 Å². The molecular weight excluding hydrogens is 52.0 g/mol. The van der Waals surface area contributed by atoms with Crippen LogP contribution in [0.25, 0.3) is 0 Å². The molecule has 0 aliphatic carbocycles. The van der Waals surface area contributed by atoms with Gasteiger partial charge in [-0.3, -0.25) is 0 Å². The lowest BCUT2D eigenvalue weighted by molar-refractivity contribution is -0.309. The van der Waals surface area contributed by atoms with Crippen molar-refractivity contribution in [2.45, 2.75) is 0 Å². The minimum atomic E-state index is 0.792. The molecule has 1 aliphatic heterocycles. The topological polar surface area (TPSA) is 11.3 Å². The zero-order chi connectivity index (χ0) is 2.99. The molecule has 0 spiro atoms. The fraction of sp³-hybridized carbons (Fsp3) is 0. The molecule has 0 unspecified atom stereocenters. The molecule has 0 radical (unpaired) electrons. The van der Waals surface area contributed by atoms with E-state index in [0.29, 0.717) is 0 Å². The van der Waals surface area contributed by atoms with E-state index in [9.17, 15) is 0 Å². The summed E-state index contributed by atoms with van der Waals surface area (Å²) in [4.78, 5) is 0. The zero-order valence-corrected chi connectivity index (χ0v) is 2.19. The molecule has 0 N–H and O–H groups in total. The summed E-state index contributed by atoms with van der Waals surface area (Å²) in [6.07, 6.45) is 1.60. The molecule has 1 heteroatoms. The SMILES string of the molecule is C=C1C=[O+]1. The van der Waals surface area contributed by atoms with Gasteiger partial charge in [-0.2, -0.15) is 4.42 Å². The Bertz CT molecular complexity index is 63.4. The molecule has 1 rings (SSSR count). The van der Waals surface area contributed by atoms with Crippen LogP contribution in [0.4, 0.5) is 0 Å². The van der Waals surface area contributed by atoms with Crippen LogP contribution in [0.1, 0.15) is 0 Å². The lowest BCUT2D eigenvalue weighted by Crippen LogP contribution is -1.31. The summed E-state index contributed by atoms with van der Waals surface area (Å²) in [6, 6.07) is 0. The predicted octanol–water partition coefficient (Wildman–Crippen LogP) is 0.248. The van der Waals surface area contributed by atoms with Gasteiger partial charge in [0, 0.05) is 6.58 Å². The first-order valence-corrected chi connectivity index (χ1v) is 1.08. The second-order valence-electron chi connectivity index (χ2n) is 0.702. The van der Waals surface area contributed by atoms with E-state index in [4.69, 9.17) is 0 Å². The minimum Gasteiger partial charge on any atom is -0.196 e. The summed E-state index contributed by atoms with van der Waals surface area (Å²) in [6.45, 7) is 3.39. The maximum absolute atomic E-state index is 4.39. The molecule has 1 aliphatic rings. The van der Waals surface area contributed by atoms with E-state index >= 15 is 0 Å². The summed E-state index contributed by atoms with van der Waals surface area (Å²) in [5.74, 6) is 0.792. The van der Waals surface area contributed by atoms with Crippen molar-refractivity contribution in [1.82, 2.24) is 0 Å². The first-order valence-electron chi connectivity index (χ1n) is 1.08. The van der Waals surface area contributed by atoms with E-state index in [1.54, 1.807) is 6.29 Å². The zero-order valence-electron chi connectivity index (χ0n) is 2.19. The first kappa shape index (κ1) is 1.70. The van der Waals surface area contributed by atoms with Crippen LogP contribution in [0.3, 0.4) is 0 Å². The van der Waals surface area contributed by atoms with Gasteiger partial charge >= 0.3 is 12.0 Å². The summed E-state index contributed by atoms with van der Waals surface area (Å²) in [7, 11) is 0. The molecule has 0 atom stereocenters. The molecule has 0 aromatic heterocycles. The Balaban J connectivity index is 2.80. The van der Waals surface area contributed by atoms with Crippen molar-refractivity contribution in [3.05, 3.63) is 12.3 Å². The summed E-state index contributed by atoms with van der Waals surface area (Å²) >= 11 is 0. The number of hydrogen-bond acceptors (Lipinski definition) is 0. The van der Waals surface area contributed by atoms with Crippen molar-refractivity contribution < 1.29 is 4.42 Å². The van der Waals surface area contributed by atoms with Crippen LogP contribution in [-0.2, 0) is 4.42 Å². The number of aldehydes is 1. The van der Waals surface area contributed by atoms with Crippen molar-refractivity contribution in [3.8, 4) is 0 Å². The average Bonchev–Trinajstić information content (AvgIpc) is 1.75. The van der Waals surface area contributed by atoms with E-state index in [0.717, 1.165) is 5.76 Å². The van der Waals surface area contributed by atoms with Crippen LogP contribution in [0, 0.1) is 0 Å². The highest BCUT2D eigenvalue weighted by Crippen LogP contribution is 1.88. The maximum Gasteiger partial charge on any atom is 0.441 e. The van der Waals surface area contributed by atoms with E-state index in [-0.39, 0.29) is 0 Å². The molecule has 1 nitrogen and oxygen atoms in total. The van der Waals surface area contributed by atoms with E-state index < -0.39 is 0 Å². The Morgan fingerprint density at radius 2 is 2.25 bits per heavy atom. The highest BCUT2D eigenvalue weighted by molar-refractivity contribution is 5.77. The molecule has 0 amide bonds. The molecular formula is C3H3O+. The highest BCUT2D eigenvalue weighted by Gasteiger charge is 2.18. The van der Waals surface area contributed by atoms with Crippen LogP contribution in [0.5, 0.6) is 0 Å². The van der Waals surface area contributed by atoms with Gasteiger partial charge in [0.25, 0.3) is 0 Å². The van der Waals surface area contributed by atoms with Crippen molar-refractivity contribution in [2.24, 2.45) is 0 Å². The van der Waals surface area contributed by atoms with E-state index in [1.807, 2.05) is 0 Å². The van der Waals surface area contributed by atoms with Crippen LogP contribution >= 0.6 is 0 Å². The lowest BCUT2D eigenvalue weighted by atomic mass is 10.8. The van der Waals surface area contributed by atoms with Gasteiger partial charge in [0.05, 0.1) is 0 Å². The minimum absolute atomic E-state index is 0.792. The second-order valence-corrected chi connectivity index (χ2v) is 0.702. The lowest BCUT2D eigenvalue weighted by Gasteiger charge is -1.13. The normalized spacial score (nSPS) is 17.5. The van der Waals surface area contributed by atoms with Gasteiger partial charge in [0.1, 0.15) is 0 Å². The van der Waals surface area contributed by atoms with E-state index in [1.165, 1.54) is 0 Å². The Morgan fingerprint density at radius 3 is 2.25 bits per heavy atom. The molecule has 0 fully saturated rings. The molecule has 1 heterocycles. The number of hydrogen-bond donors (Lipinski definition) is 0. The Hall–Kier alpha value is -0.590. The van der Waals surface area contributed by atoms with Crippen molar-refractivity contribution >= 4 is 6.29 Å². The predicted molar refractivity (Wildman–Crippen MR) is 15.2 cm³/mol. The van der Waals surface area contributed by atoms with Crippen LogP contribution in [0.2, 0.25) is 0 Å². The van der Waals surface area contributed by atoms with Gasteiger partial charge in [-0.05, 0) is 0 Å². The summed E-state index contributed by atoms with van der Waals surface area (Å²) < 4.78 is 4.39. The Morgan fingerprint density at radius 1 is 2.00 bits per heavy atom. The summed E-state index contributed by atoms with van der Waals surface area (Å²) in [5.41, 5.74) is 0. The largest absolute Gasteiger partial charge is 0.441 e.